The molecule has 2 aromatic rings. The Kier molecular flexibility index (Phi) is 3.44. The number of fused-ring (bicyclic) bond motifs is 2. The van der Waals surface area contributed by atoms with Crippen LogP contribution in [0.25, 0.3) is 5.76 Å². The Morgan fingerprint density at radius 3 is 2.79 bits per heavy atom. The van der Waals surface area contributed by atoms with Crippen LogP contribution in [0.3, 0.4) is 0 Å². The molecule has 4 rings (SSSR count). The number of ether oxygens (including phenoxy) is 2. The first-order valence-corrected chi connectivity index (χ1v) is 7.85. The highest BCUT2D eigenvalue weighted by Crippen LogP contribution is 2.46. The zero-order chi connectivity index (χ0) is 16.7. The largest absolute Gasteiger partial charge is 0.488 e. The fourth-order valence-electron chi connectivity index (χ4n) is 3.16. The maximum absolute atomic E-state index is 9.58. The van der Waals surface area contributed by atoms with E-state index in [9.17, 15) is 5.26 Å². The van der Waals surface area contributed by atoms with Crippen LogP contribution in [-0.2, 0) is 4.74 Å². The highest BCUT2D eigenvalue weighted by molar-refractivity contribution is 6.30. The lowest BCUT2D eigenvalue weighted by molar-refractivity contribution is 0.294. The smallest absolute Gasteiger partial charge is 0.205 e. The molecule has 0 saturated carbocycles. The number of allylic oxidation sites excluding steroid dienone is 1. The Labute approximate surface area is 144 Å². The molecule has 4 nitrogen and oxygen atoms in total. The molecule has 0 spiro atoms. The van der Waals surface area contributed by atoms with Gasteiger partial charge in [0.2, 0.25) is 5.88 Å². The molecule has 2 aliphatic heterocycles. The average Bonchev–Trinajstić information content (AvgIpc) is 2.60. The number of hydrogen-bond donors (Lipinski definition) is 1. The number of rotatable bonds is 1. The lowest BCUT2D eigenvalue weighted by Crippen LogP contribution is -2.26. The third kappa shape index (κ3) is 2.22. The molecule has 2 aromatic carbocycles. The normalized spacial score (nSPS) is 18.9. The topological polar surface area (TPSA) is 68.3 Å². The van der Waals surface area contributed by atoms with Crippen LogP contribution >= 0.6 is 11.6 Å². The highest BCUT2D eigenvalue weighted by atomic mass is 35.5. The van der Waals surface area contributed by atoms with Gasteiger partial charge in [-0.3, -0.25) is 0 Å². The Morgan fingerprint density at radius 1 is 1.17 bits per heavy atom. The first-order valence-electron chi connectivity index (χ1n) is 7.47. The van der Waals surface area contributed by atoms with Gasteiger partial charge in [0.05, 0.1) is 11.5 Å². The van der Waals surface area contributed by atoms with Crippen molar-refractivity contribution in [2.75, 3.05) is 6.61 Å². The first kappa shape index (κ1) is 14.7. The second-order valence-corrected chi connectivity index (χ2v) is 6.06. The summed E-state index contributed by atoms with van der Waals surface area (Å²) in [5.74, 6) is 1.20. The summed E-state index contributed by atoms with van der Waals surface area (Å²) in [6, 6.07) is 17.2. The Balaban J connectivity index is 1.93. The van der Waals surface area contributed by atoms with Gasteiger partial charge in [0.1, 0.15) is 29.8 Å². The van der Waals surface area contributed by atoms with E-state index in [0.717, 1.165) is 22.4 Å². The molecule has 0 bridgehead atoms. The van der Waals surface area contributed by atoms with Gasteiger partial charge < -0.3 is 15.2 Å². The predicted octanol–water partition coefficient (Wildman–Crippen LogP) is 3.95. The van der Waals surface area contributed by atoms with Crippen molar-refractivity contribution in [2.24, 2.45) is 5.73 Å². The zero-order valence-electron chi connectivity index (χ0n) is 12.6. The van der Waals surface area contributed by atoms with E-state index in [4.69, 9.17) is 26.8 Å². The lowest BCUT2D eigenvalue weighted by atomic mass is 9.81. The maximum atomic E-state index is 9.58. The molecular weight excluding hydrogens is 324 g/mol. The third-order valence-corrected chi connectivity index (χ3v) is 4.46. The number of nitriles is 1. The fraction of sp³-hybridized carbons (Fsp3) is 0.105. The van der Waals surface area contributed by atoms with Gasteiger partial charge in [-0.15, -0.1) is 0 Å². The van der Waals surface area contributed by atoms with Crippen LogP contribution in [0, 0.1) is 11.3 Å². The predicted molar refractivity (Wildman–Crippen MR) is 91.0 cm³/mol. The molecule has 0 saturated heterocycles. The summed E-state index contributed by atoms with van der Waals surface area (Å²) in [6.07, 6.45) is 0. The molecule has 2 aliphatic rings. The van der Waals surface area contributed by atoms with Gasteiger partial charge in [-0.1, -0.05) is 35.9 Å². The Morgan fingerprint density at radius 2 is 2.00 bits per heavy atom. The van der Waals surface area contributed by atoms with Crippen LogP contribution in [-0.4, -0.2) is 6.61 Å². The van der Waals surface area contributed by atoms with Gasteiger partial charge in [0, 0.05) is 10.6 Å². The minimum Gasteiger partial charge on any atom is -0.488 e. The molecule has 118 valence electrons. The van der Waals surface area contributed by atoms with Crippen molar-refractivity contribution in [1.29, 1.82) is 5.26 Å². The van der Waals surface area contributed by atoms with Gasteiger partial charge in [-0.2, -0.15) is 5.26 Å². The van der Waals surface area contributed by atoms with E-state index in [-0.39, 0.29) is 11.8 Å². The molecule has 5 heteroatoms. The summed E-state index contributed by atoms with van der Waals surface area (Å²) in [6.45, 7) is 0.335. The van der Waals surface area contributed by atoms with Crippen LogP contribution in [0.4, 0.5) is 0 Å². The van der Waals surface area contributed by atoms with E-state index in [2.05, 4.69) is 6.07 Å². The molecule has 0 aliphatic carbocycles. The van der Waals surface area contributed by atoms with Crippen molar-refractivity contribution in [3.8, 4) is 11.8 Å². The van der Waals surface area contributed by atoms with E-state index >= 15 is 0 Å². The van der Waals surface area contributed by atoms with Crippen LogP contribution in [0.5, 0.6) is 5.75 Å². The minimum absolute atomic E-state index is 0.123. The van der Waals surface area contributed by atoms with Crippen molar-refractivity contribution >= 4 is 17.4 Å². The molecule has 0 amide bonds. The van der Waals surface area contributed by atoms with Crippen LogP contribution in [0.1, 0.15) is 17.0 Å². The molecule has 0 unspecified atom stereocenters. The molecule has 0 radical (unpaired) electrons. The summed E-state index contributed by atoms with van der Waals surface area (Å²) >= 11 is 6.14. The summed E-state index contributed by atoms with van der Waals surface area (Å²) in [5.41, 5.74) is 9.03. The lowest BCUT2D eigenvalue weighted by Gasteiger charge is -2.32. The van der Waals surface area contributed by atoms with E-state index in [1.807, 2.05) is 42.5 Å². The van der Waals surface area contributed by atoms with E-state index in [1.54, 1.807) is 6.07 Å². The fourth-order valence-corrected chi connectivity index (χ4v) is 3.36. The standard InChI is InChI=1S/C19H13ClN2O2/c20-12-5-3-4-11(8-12)17-14(9-21)19(22)24-18-13-6-1-2-7-16(13)23-10-15(17)18/h1-8,17H,10,22H2/t17-/m0/s1. The van der Waals surface area contributed by atoms with Gasteiger partial charge >= 0.3 is 0 Å². The Hall–Kier alpha value is -2.90. The molecule has 0 aromatic heterocycles. The molecular formula is C19H13ClN2O2. The van der Waals surface area contributed by atoms with Gasteiger partial charge in [-0.05, 0) is 29.8 Å². The number of para-hydroxylation sites is 1. The molecule has 24 heavy (non-hydrogen) atoms. The van der Waals surface area contributed by atoms with Crippen molar-refractivity contribution < 1.29 is 9.47 Å². The maximum Gasteiger partial charge on any atom is 0.205 e. The highest BCUT2D eigenvalue weighted by Gasteiger charge is 2.36. The molecule has 2 N–H and O–H groups in total. The van der Waals surface area contributed by atoms with Crippen molar-refractivity contribution in [3.63, 3.8) is 0 Å². The van der Waals surface area contributed by atoms with E-state index in [0.29, 0.717) is 23.0 Å². The van der Waals surface area contributed by atoms with Crippen LogP contribution in [0.2, 0.25) is 5.02 Å². The Bertz CT molecular complexity index is 940. The summed E-state index contributed by atoms with van der Waals surface area (Å²) < 4.78 is 11.7. The molecule has 0 fully saturated rings. The number of nitrogens with zero attached hydrogens (tertiary/aromatic N) is 1. The van der Waals surface area contributed by atoms with Gasteiger partial charge in [0.15, 0.2) is 0 Å². The van der Waals surface area contributed by atoms with Crippen LogP contribution < -0.4 is 10.5 Å². The number of nitrogens with two attached hydrogens (primary N) is 1. The van der Waals surface area contributed by atoms with Gasteiger partial charge in [-0.25, -0.2) is 0 Å². The quantitative estimate of drug-likeness (QED) is 0.856. The van der Waals surface area contributed by atoms with Crippen LogP contribution in [0.15, 0.2) is 65.6 Å². The summed E-state index contributed by atoms with van der Waals surface area (Å²) in [5, 5.41) is 10.2. The summed E-state index contributed by atoms with van der Waals surface area (Å²) in [7, 11) is 0. The van der Waals surface area contributed by atoms with E-state index < -0.39 is 0 Å². The second kappa shape index (κ2) is 5.63. The summed E-state index contributed by atoms with van der Waals surface area (Å²) in [4.78, 5) is 0. The molecule has 1 atom stereocenters. The monoisotopic (exact) mass is 336 g/mol. The second-order valence-electron chi connectivity index (χ2n) is 5.62. The average molecular weight is 337 g/mol. The minimum atomic E-state index is -0.328. The van der Waals surface area contributed by atoms with Crippen molar-refractivity contribution in [3.05, 3.63) is 81.7 Å². The third-order valence-electron chi connectivity index (χ3n) is 4.22. The van der Waals surface area contributed by atoms with E-state index in [1.165, 1.54) is 0 Å². The van der Waals surface area contributed by atoms with Crippen molar-refractivity contribution in [2.45, 2.75) is 5.92 Å². The number of benzene rings is 2. The first-order chi connectivity index (χ1) is 11.7. The van der Waals surface area contributed by atoms with Crippen molar-refractivity contribution in [1.82, 2.24) is 0 Å². The zero-order valence-corrected chi connectivity index (χ0v) is 13.4. The molecule has 2 heterocycles. The van der Waals surface area contributed by atoms with Gasteiger partial charge in [0.25, 0.3) is 0 Å². The number of hydrogen-bond acceptors (Lipinski definition) is 4. The SMILES string of the molecule is N#CC1=C(N)OC2=C(COc3ccccc32)[C@H]1c1cccc(Cl)c1. The number of halogens is 1.